The molecule has 0 saturated carbocycles. The molecule has 0 spiro atoms. The van der Waals surface area contributed by atoms with E-state index < -0.39 is 0 Å². The molecule has 3 N–H and O–H groups in total. The second kappa shape index (κ2) is 6.00. The van der Waals surface area contributed by atoms with E-state index in [-0.39, 0.29) is 11.9 Å². The molecule has 0 fully saturated rings. The summed E-state index contributed by atoms with van der Waals surface area (Å²) in [5.41, 5.74) is 7.64. The zero-order chi connectivity index (χ0) is 13.7. The summed E-state index contributed by atoms with van der Waals surface area (Å²) in [6, 6.07) is 15.7. The van der Waals surface area contributed by atoms with Gasteiger partial charge < -0.3 is 11.1 Å². The standard InChI is InChI=1S/C15H16FN3/c1-11(12-7-9-13(16)10-8-12)18-15(17)19-14-5-3-2-4-6-14/h2-11H,1H3,(H3,17,18,19). The van der Waals surface area contributed by atoms with Crippen LogP contribution in [0.4, 0.5) is 10.1 Å². The summed E-state index contributed by atoms with van der Waals surface area (Å²) in [6.07, 6.45) is 0. The van der Waals surface area contributed by atoms with Gasteiger partial charge in [0.25, 0.3) is 0 Å². The summed E-state index contributed by atoms with van der Waals surface area (Å²) in [5, 5.41) is 3.01. The van der Waals surface area contributed by atoms with Crippen molar-refractivity contribution in [3.05, 3.63) is 66.0 Å². The van der Waals surface area contributed by atoms with Crippen LogP contribution >= 0.6 is 0 Å². The number of nitrogens with one attached hydrogen (secondary N) is 1. The van der Waals surface area contributed by atoms with Crippen molar-refractivity contribution in [3.63, 3.8) is 0 Å². The summed E-state index contributed by atoms with van der Waals surface area (Å²) in [6.45, 7) is 1.91. The molecule has 3 nitrogen and oxygen atoms in total. The number of anilines is 1. The molecule has 2 aromatic carbocycles. The van der Waals surface area contributed by atoms with E-state index in [1.165, 1.54) is 12.1 Å². The van der Waals surface area contributed by atoms with Gasteiger partial charge >= 0.3 is 0 Å². The van der Waals surface area contributed by atoms with Crippen molar-refractivity contribution in [3.8, 4) is 0 Å². The number of hydrogen-bond donors (Lipinski definition) is 2. The van der Waals surface area contributed by atoms with Gasteiger partial charge in [-0.1, -0.05) is 30.3 Å². The third-order valence-electron chi connectivity index (χ3n) is 2.73. The second-order valence-corrected chi connectivity index (χ2v) is 4.23. The molecule has 0 aliphatic heterocycles. The molecule has 0 aliphatic rings. The minimum Gasteiger partial charge on any atom is -0.370 e. The van der Waals surface area contributed by atoms with E-state index in [1.807, 2.05) is 37.3 Å². The average molecular weight is 257 g/mol. The van der Waals surface area contributed by atoms with Gasteiger partial charge in [0.15, 0.2) is 5.96 Å². The van der Waals surface area contributed by atoms with Gasteiger partial charge in [-0.2, -0.15) is 0 Å². The number of nitrogens with two attached hydrogens (primary N) is 1. The van der Waals surface area contributed by atoms with Crippen LogP contribution in [0.15, 0.2) is 59.6 Å². The zero-order valence-electron chi connectivity index (χ0n) is 10.7. The highest BCUT2D eigenvalue weighted by Crippen LogP contribution is 2.17. The number of rotatable bonds is 3. The molecule has 2 rings (SSSR count). The van der Waals surface area contributed by atoms with Gasteiger partial charge in [-0.15, -0.1) is 0 Å². The third kappa shape index (κ3) is 3.81. The highest BCUT2D eigenvalue weighted by molar-refractivity contribution is 5.92. The lowest BCUT2D eigenvalue weighted by molar-refractivity contribution is 0.626. The van der Waals surface area contributed by atoms with Crippen molar-refractivity contribution in [2.45, 2.75) is 13.0 Å². The number of aliphatic imine (C=N–C) groups is 1. The normalized spacial score (nSPS) is 13.1. The molecule has 1 unspecified atom stereocenters. The molecule has 98 valence electrons. The van der Waals surface area contributed by atoms with Crippen LogP contribution in [0.1, 0.15) is 18.5 Å². The van der Waals surface area contributed by atoms with E-state index in [0.717, 1.165) is 11.3 Å². The molecule has 0 aliphatic carbocycles. The topological polar surface area (TPSA) is 50.4 Å². The quantitative estimate of drug-likeness (QED) is 0.654. The third-order valence-corrected chi connectivity index (χ3v) is 2.73. The van der Waals surface area contributed by atoms with E-state index >= 15 is 0 Å². The van der Waals surface area contributed by atoms with Crippen LogP contribution in [0.5, 0.6) is 0 Å². The Morgan fingerprint density at radius 2 is 1.74 bits per heavy atom. The summed E-state index contributed by atoms with van der Waals surface area (Å²) in [4.78, 5) is 4.33. The smallest absolute Gasteiger partial charge is 0.193 e. The highest BCUT2D eigenvalue weighted by Gasteiger charge is 2.04. The Bertz CT molecular complexity index is 549. The van der Waals surface area contributed by atoms with Crippen molar-refractivity contribution in [1.29, 1.82) is 0 Å². The van der Waals surface area contributed by atoms with Crippen molar-refractivity contribution in [1.82, 2.24) is 0 Å². The van der Waals surface area contributed by atoms with Gasteiger partial charge in [0.1, 0.15) is 5.82 Å². The van der Waals surface area contributed by atoms with Crippen molar-refractivity contribution < 1.29 is 4.39 Å². The molecule has 0 aromatic heterocycles. The van der Waals surface area contributed by atoms with Gasteiger partial charge in [-0.25, -0.2) is 9.38 Å². The first-order valence-corrected chi connectivity index (χ1v) is 6.06. The number of hydrogen-bond acceptors (Lipinski definition) is 1. The van der Waals surface area contributed by atoms with Crippen LogP contribution in [-0.4, -0.2) is 5.96 Å². The predicted octanol–water partition coefficient (Wildman–Crippen LogP) is 3.31. The van der Waals surface area contributed by atoms with E-state index in [2.05, 4.69) is 10.3 Å². The van der Waals surface area contributed by atoms with E-state index in [4.69, 9.17) is 5.73 Å². The molecular formula is C15H16FN3. The Morgan fingerprint density at radius 3 is 2.37 bits per heavy atom. The molecule has 0 heterocycles. The Balaban J connectivity index is 2.06. The summed E-state index contributed by atoms with van der Waals surface area (Å²) in [7, 11) is 0. The molecular weight excluding hydrogens is 241 g/mol. The van der Waals surface area contributed by atoms with E-state index in [0.29, 0.717) is 5.96 Å². The van der Waals surface area contributed by atoms with Crippen LogP contribution < -0.4 is 11.1 Å². The largest absolute Gasteiger partial charge is 0.370 e. The van der Waals surface area contributed by atoms with Gasteiger partial charge in [-0.3, -0.25) is 0 Å². The molecule has 19 heavy (non-hydrogen) atoms. The minimum absolute atomic E-state index is 0.128. The van der Waals surface area contributed by atoms with Crippen molar-refractivity contribution >= 4 is 11.6 Å². The first-order chi connectivity index (χ1) is 9.15. The molecule has 2 aromatic rings. The molecule has 4 heteroatoms. The Kier molecular flexibility index (Phi) is 4.13. The maximum Gasteiger partial charge on any atom is 0.193 e. The highest BCUT2D eigenvalue weighted by atomic mass is 19.1. The number of para-hydroxylation sites is 1. The lowest BCUT2D eigenvalue weighted by Crippen LogP contribution is -2.23. The SMILES string of the molecule is CC(N=C(N)Nc1ccccc1)c1ccc(F)cc1. The Labute approximate surface area is 112 Å². The second-order valence-electron chi connectivity index (χ2n) is 4.23. The fourth-order valence-corrected chi connectivity index (χ4v) is 1.73. The lowest BCUT2D eigenvalue weighted by Gasteiger charge is -2.10. The van der Waals surface area contributed by atoms with Crippen LogP contribution in [0, 0.1) is 5.82 Å². The number of guanidine groups is 1. The molecule has 0 saturated heterocycles. The molecule has 0 radical (unpaired) electrons. The first-order valence-electron chi connectivity index (χ1n) is 6.06. The fourth-order valence-electron chi connectivity index (χ4n) is 1.73. The van der Waals surface area contributed by atoms with Crippen LogP contribution in [0.25, 0.3) is 0 Å². The van der Waals surface area contributed by atoms with E-state index in [1.54, 1.807) is 12.1 Å². The van der Waals surface area contributed by atoms with Crippen molar-refractivity contribution in [2.75, 3.05) is 5.32 Å². The fraction of sp³-hybridized carbons (Fsp3) is 0.133. The Morgan fingerprint density at radius 1 is 1.11 bits per heavy atom. The Hall–Kier alpha value is -2.36. The zero-order valence-corrected chi connectivity index (χ0v) is 10.7. The summed E-state index contributed by atoms with van der Waals surface area (Å²) < 4.78 is 12.8. The van der Waals surface area contributed by atoms with Gasteiger partial charge in [0.2, 0.25) is 0 Å². The number of benzene rings is 2. The maximum absolute atomic E-state index is 12.8. The van der Waals surface area contributed by atoms with Crippen LogP contribution in [0.2, 0.25) is 0 Å². The predicted molar refractivity (Wildman–Crippen MR) is 76.5 cm³/mol. The van der Waals surface area contributed by atoms with Gasteiger partial charge in [-0.05, 0) is 36.8 Å². The molecule has 1 atom stereocenters. The van der Waals surface area contributed by atoms with Gasteiger partial charge in [0.05, 0.1) is 6.04 Å². The van der Waals surface area contributed by atoms with Gasteiger partial charge in [0, 0.05) is 5.69 Å². The number of halogens is 1. The summed E-state index contributed by atoms with van der Waals surface area (Å²) in [5.74, 6) is 0.0818. The van der Waals surface area contributed by atoms with Crippen LogP contribution in [0.3, 0.4) is 0 Å². The summed E-state index contributed by atoms with van der Waals surface area (Å²) >= 11 is 0. The van der Waals surface area contributed by atoms with Crippen LogP contribution in [-0.2, 0) is 0 Å². The monoisotopic (exact) mass is 257 g/mol. The number of nitrogens with zero attached hydrogens (tertiary/aromatic N) is 1. The van der Waals surface area contributed by atoms with Crippen molar-refractivity contribution in [2.24, 2.45) is 10.7 Å². The lowest BCUT2D eigenvalue weighted by atomic mass is 10.1. The maximum atomic E-state index is 12.8. The molecule has 0 bridgehead atoms. The van der Waals surface area contributed by atoms with E-state index in [9.17, 15) is 4.39 Å². The first kappa shape index (κ1) is 13.1. The minimum atomic E-state index is -0.254. The average Bonchev–Trinajstić information content (AvgIpc) is 2.40. The molecule has 0 amide bonds.